The first kappa shape index (κ1) is 13.3. The summed E-state index contributed by atoms with van der Waals surface area (Å²) >= 11 is 0. The average Bonchev–Trinajstić information content (AvgIpc) is 2.37. The van der Waals surface area contributed by atoms with Gasteiger partial charge in [-0.05, 0) is 54.9 Å². The maximum Gasteiger partial charge on any atom is 0.0731 e. The van der Waals surface area contributed by atoms with Crippen LogP contribution in [0.3, 0.4) is 0 Å². The molecule has 1 saturated carbocycles. The van der Waals surface area contributed by atoms with Gasteiger partial charge in [0, 0.05) is 6.20 Å². The first-order valence-corrected chi connectivity index (χ1v) is 7.44. The molecule has 1 aliphatic rings. The number of hydrogen-bond acceptors (Lipinski definition) is 2. The Labute approximate surface area is 121 Å². The minimum atomic E-state index is -0.118. The van der Waals surface area contributed by atoms with Gasteiger partial charge in [0.25, 0.3) is 0 Å². The number of hydrogen-bond donors (Lipinski definition) is 1. The van der Waals surface area contributed by atoms with Gasteiger partial charge in [0.05, 0.1) is 11.7 Å². The minimum Gasteiger partial charge on any atom is -0.319 e. The highest BCUT2D eigenvalue weighted by atomic mass is 14.8. The summed E-state index contributed by atoms with van der Waals surface area (Å²) in [5.74, 6) is 0.697. The summed E-state index contributed by atoms with van der Waals surface area (Å²) in [6.07, 6.45) is 5.85. The Morgan fingerprint density at radius 3 is 2.60 bits per heavy atom. The van der Waals surface area contributed by atoms with Crippen LogP contribution >= 0.6 is 0 Å². The first-order valence-electron chi connectivity index (χ1n) is 7.44. The maximum atomic E-state index is 6.52. The second kappa shape index (κ2) is 5.37. The van der Waals surface area contributed by atoms with Crippen LogP contribution in [0.2, 0.25) is 0 Å². The third-order valence-electron chi connectivity index (χ3n) is 4.43. The maximum absolute atomic E-state index is 6.52. The molecule has 0 saturated heterocycles. The molecule has 1 fully saturated rings. The fourth-order valence-corrected chi connectivity index (χ4v) is 3.08. The minimum absolute atomic E-state index is 0.118. The third kappa shape index (κ3) is 2.36. The zero-order valence-corrected chi connectivity index (χ0v) is 12.3. The van der Waals surface area contributed by atoms with E-state index in [1.807, 2.05) is 6.20 Å². The van der Waals surface area contributed by atoms with E-state index in [1.165, 1.54) is 41.5 Å². The van der Waals surface area contributed by atoms with E-state index < -0.39 is 0 Å². The van der Waals surface area contributed by atoms with Crippen LogP contribution in [-0.2, 0) is 0 Å². The normalized spacial score (nSPS) is 16.8. The molecule has 0 spiro atoms. The third-order valence-corrected chi connectivity index (χ3v) is 4.43. The Kier molecular flexibility index (Phi) is 3.58. The number of aromatic nitrogens is 1. The predicted octanol–water partition coefficient (Wildman–Crippen LogP) is 4.01. The van der Waals surface area contributed by atoms with Gasteiger partial charge in [-0.25, -0.2) is 0 Å². The van der Waals surface area contributed by atoms with Gasteiger partial charge in [-0.3, -0.25) is 4.98 Å². The second-order valence-electron chi connectivity index (χ2n) is 5.95. The van der Waals surface area contributed by atoms with Gasteiger partial charge in [0.2, 0.25) is 0 Å². The van der Waals surface area contributed by atoms with Crippen molar-refractivity contribution in [2.45, 2.75) is 45.1 Å². The van der Waals surface area contributed by atoms with E-state index in [9.17, 15) is 0 Å². The Balaban J connectivity index is 1.99. The molecular formula is C18H22N2. The van der Waals surface area contributed by atoms with E-state index >= 15 is 0 Å². The Morgan fingerprint density at radius 1 is 1.20 bits per heavy atom. The average molecular weight is 266 g/mol. The van der Waals surface area contributed by atoms with Crippen LogP contribution in [0.15, 0.2) is 36.5 Å². The van der Waals surface area contributed by atoms with Crippen LogP contribution in [0.1, 0.15) is 59.2 Å². The highest BCUT2D eigenvalue weighted by molar-refractivity contribution is 5.40. The molecule has 1 unspecified atom stereocenters. The van der Waals surface area contributed by atoms with Crippen molar-refractivity contribution in [2.24, 2.45) is 5.73 Å². The molecule has 2 heteroatoms. The highest BCUT2D eigenvalue weighted by Crippen LogP contribution is 2.40. The van der Waals surface area contributed by atoms with Crippen LogP contribution in [-0.4, -0.2) is 4.98 Å². The van der Waals surface area contributed by atoms with E-state index in [1.54, 1.807) is 0 Å². The summed E-state index contributed by atoms with van der Waals surface area (Å²) in [5.41, 5.74) is 12.6. The summed E-state index contributed by atoms with van der Waals surface area (Å²) in [5, 5.41) is 0. The molecule has 1 atom stereocenters. The molecule has 2 aromatic rings. The van der Waals surface area contributed by atoms with Gasteiger partial charge in [-0.15, -0.1) is 0 Å². The van der Waals surface area contributed by atoms with Gasteiger partial charge in [0.1, 0.15) is 0 Å². The van der Waals surface area contributed by atoms with Crippen molar-refractivity contribution in [1.29, 1.82) is 0 Å². The topological polar surface area (TPSA) is 38.9 Å². The molecule has 1 aromatic heterocycles. The molecule has 1 aliphatic carbocycles. The van der Waals surface area contributed by atoms with Crippen molar-refractivity contribution in [3.8, 4) is 0 Å². The van der Waals surface area contributed by atoms with E-state index in [-0.39, 0.29) is 6.04 Å². The largest absolute Gasteiger partial charge is 0.319 e. The van der Waals surface area contributed by atoms with Crippen molar-refractivity contribution in [3.63, 3.8) is 0 Å². The molecule has 104 valence electrons. The zero-order valence-electron chi connectivity index (χ0n) is 12.3. The summed E-state index contributed by atoms with van der Waals surface area (Å²) in [6, 6.07) is 10.7. The fourth-order valence-electron chi connectivity index (χ4n) is 3.08. The van der Waals surface area contributed by atoms with Crippen LogP contribution in [0.4, 0.5) is 0 Å². The van der Waals surface area contributed by atoms with Crippen molar-refractivity contribution in [1.82, 2.24) is 4.98 Å². The van der Waals surface area contributed by atoms with Gasteiger partial charge >= 0.3 is 0 Å². The molecule has 2 N–H and O–H groups in total. The van der Waals surface area contributed by atoms with E-state index in [2.05, 4.69) is 49.2 Å². The van der Waals surface area contributed by atoms with Crippen LogP contribution < -0.4 is 5.73 Å². The molecule has 1 heterocycles. The number of nitrogens with two attached hydrogens (primary N) is 1. The van der Waals surface area contributed by atoms with E-state index in [4.69, 9.17) is 5.73 Å². The van der Waals surface area contributed by atoms with Crippen molar-refractivity contribution < 1.29 is 0 Å². The number of nitrogens with zero attached hydrogens (tertiary/aromatic N) is 1. The summed E-state index contributed by atoms with van der Waals surface area (Å²) < 4.78 is 0. The fraction of sp³-hybridized carbons (Fsp3) is 0.389. The molecule has 0 amide bonds. The van der Waals surface area contributed by atoms with Crippen molar-refractivity contribution in [3.05, 3.63) is 64.5 Å². The molecule has 0 radical (unpaired) electrons. The van der Waals surface area contributed by atoms with E-state index in [0.717, 1.165) is 5.69 Å². The lowest BCUT2D eigenvalue weighted by Gasteiger charge is -2.29. The molecule has 0 bridgehead atoms. The smallest absolute Gasteiger partial charge is 0.0731 e. The molecule has 2 nitrogen and oxygen atoms in total. The van der Waals surface area contributed by atoms with Gasteiger partial charge in [0.15, 0.2) is 0 Å². The Bertz CT molecular complexity index is 615. The number of aryl methyl sites for hydroxylation is 2. The summed E-state index contributed by atoms with van der Waals surface area (Å²) in [6.45, 7) is 4.17. The lowest BCUT2D eigenvalue weighted by Crippen LogP contribution is -2.20. The number of benzene rings is 1. The first-order chi connectivity index (χ1) is 9.66. The predicted molar refractivity (Wildman–Crippen MR) is 82.8 cm³/mol. The summed E-state index contributed by atoms with van der Waals surface area (Å²) in [7, 11) is 0. The highest BCUT2D eigenvalue weighted by Gasteiger charge is 2.25. The Hall–Kier alpha value is -1.67. The van der Waals surface area contributed by atoms with Crippen LogP contribution in [0.5, 0.6) is 0 Å². The second-order valence-corrected chi connectivity index (χ2v) is 5.95. The number of pyridine rings is 1. The molecule has 0 aliphatic heterocycles. The van der Waals surface area contributed by atoms with Crippen molar-refractivity contribution in [2.75, 3.05) is 0 Å². The molecule has 1 aromatic carbocycles. The monoisotopic (exact) mass is 266 g/mol. The SMILES string of the molecule is Cc1cnc(C(N)c2ccccc2C2CCC2)c(C)c1. The lowest BCUT2D eigenvalue weighted by atomic mass is 9.77. The molecule has 3 rings (SSSR count). The molecule has 20 heavy (non-hydrogen) atoms. The van der Waals surface area contributed by atoms with Crippen LogP contribution in [0, 0.1) is 13.8 Å². The van der Waals surface area contributed by atoms with E-state index in [0.29, 0.717) is 5.92 Å². The zero-order chi connectivity index (χ0) is 14.1. The van der Waals surface area contributed by atoms with Gasteiger partial charge in [-0.2, -0.15) is 0 Å². The molecular weight excluding hydrogens is 244 g/mol. The van der Waals surface area contributed by atoms with Gasteiger partial charge < -0.3 is 5.73 Å². The lowest BCUT2D eigenvalue weighted by molar-refractivity contribution is 0.416. The Morgan fingerprint density at radius 2 is 1.95 bits per heavy atom. The summed E-state index contributed by atoms with van der Waals surface area (Å²) in [4.78, 5) is 4.57. The number of rotatable bonds is 3. The van der Waals surface area contributed by atoms with Crippen LogP contribution in [0.25, 0.3) is 0 Å². The quantitative estimate of drug-likeness (QED) is 0.911. The van der Waals surface area contributed by atoms with Gasteiger partial charge in [-0.1, -0.05) is 36.8 Å². The van der Waals surface area contributed by atoms with Crippen molar-refractivity contribution >= 4 is 0 Å². The standard InChI is InChI=1S/C18H22N2/c1-12-10-13(2)18(20-11-12)17(19)16-9-4-3-8-15(16)14-6-5-7-14/h3-4,8-11,14,17H,5-7,19H2,1-2H3.